The highest BCUT2D eigenvalue weighted by Crippen LogP contribution is 2.21. The van der Waals surface area contributed by atoms with E-state index in [0.717, 1.165) is 22.3 Å². The number of carbonyl (C=O) groups is 2. The number of ether oxygens (including phenoxy) is 2. The van der Waals surface area contributed by atoms with Crippen molar-refractivity contribution in [3.05, 3.63) is 108 Å². The molecule has 4 rings (SSSR count). The summed E-state index contributed by atoms with van der Waals surface area (Å²) >= 11 is 0. The molecule has 0 spiro atoms. The first-order valence-corrected chi connectivity index (χ1v) is 13.5. The SMILES string of the molecule is COCCN(C)C(=O)[C@H](Cc1ccccc1)N(Cc1ccc(-c2cncnc2)cc1)C(=O)/C=C/c1cnc(OC)nc1. The Morgan fingerprint density at radius 3 is 2.21 bits per heavy atom. The van der Waals surface area contributed by atoms with Crippen molar-refractivity contribution in [2.75, 3.05) is 34.4 Å². The number of hydrogen-bond acceptors (Lipinski definition) is 8. The van der Waals surface area contributed by atoms with Gasteiger partial charge in [0.25, 0.3) is 0 Å². The van der Waals surface area contributed by atoms with E-state index in [1.54, 1.807) is 54.8 Å². The van der Waals surface area contributed by atoms with Crippen molar-refractivity contribution in [1.82, 2.24) is 29.7 Å². The van der Waals surface area contributed by atoms with E-state index < -0.39 is 6.04 Å². The van der Waals surface area contributed by atoms with Crippen LogP contribution in [0.5, 0.6) is 6.01 Å². The molecule has 2 heterocycles. The fourth-order valence-corrected chi connectivity index (χ4v) is 4.33. The van der Waals surface area contributed by atoms with Gasteiger partial charge in [-0.3, -0.25) is 9.59 Å². The van der Waals surface area contributed by atoms with Crippen LogP contribution in [0.4, 0.5) is 0 Å². The molecule has 0 N–H and O–H groups in total. The summed E-state index contributed by atoms with van der Waals surface area (Å²) in [5.41, 5.74) is 4.28. The van der Waals surface area contributed by atoms with Crippen molar-refractivity contribution >= 4 is 17.9 Å². The van der Waals surface area contributed by atoms with Crippen LogP contribution in [0.15, 0.2) is 91.8 Å². The summed E-state index contributed by atoms with van der Waals surface area (Å²) in [6.07, 6.45) is 11.5. The van der Waals surface area contributed by atoms with E-state index in [1.807, 2.05) is 54.6 Å². The summed E-state index contributed by atoms with van der Waals surface area (Å²) < 4.78 is 10.2. The molecule has 2 aromatic heterocycles. The van der Waals surface area contributed by atoms with E-state index in [-0.39, 0.29) is 24.4 Å². The molecule has 0 aliphatic heterocycles. The Morgan fingerprint density at radius 1 is 0.881 bits per heavy atom. The van der Waals surface area contributed by atoms with Crippen molar-refractivity contribution in [3.63, 3.8) is 0 Å². The Balaban J connectivity index is 1.67. The molecule has 0 bridgehead atoms. The Kier molecular flexibility index (Phi) is 10.8. The highest BCUT2D eigenvalue weighted by atomic mass is 16.5. The van der Waals surface area contributed by atoms with Gasteiger partial charge in [-0.15, -0.1) is 0 Å². The van der Waals surface area contributed by atoms with Gasteiger partial charge in [-0.25, -0.2) is 19.9 Å². The van der Waals surface area contributed by atoms with Crippen LogP contribution in [0.2, 0.25) is 0 Å². The lowest BCUT2D eigenvalue weighted by atomic mass is 10.0. The minimum atomic E-state index is -0.763. The lowest BCUT2D eigenvalue weighted by molar-refractivity contribution is -0.143. The van der Waals surface area contributed by atoms with Crippen molar-refractivity contribution in [1.29, 1.82) is 0 Å². The quantitative estimate of drug-likeness (QED) is 0.225. The summed E-state index contributed by atoms with van der Waals surface area (Å²) in [4.78, 5) is 47.3. The minimum Gasteiger partial charge on any atom is -0.467 e. The van der Waals surface area contributed by atoms with Gasteiger partial charge in [-0.2, -0.15) is 0 Å². The van der Waals surface area contributed by atoms with Crippen molar-refractivity contribution in [3.8, 4) is 17.1 Å². The zero-order valence-electron chi connectivity index (χ0n) is 24.0. The molecule has 0 aliphatic rings. The molecular formula is C32H34N6O4. The van der Waals surface area contributed by atoms with E-state index in [1.165, 1.54) is 19.5 Å². The number of methoxy groups -OCH3 is 2. The summed E-state index contributed by atoms with van der Waals surface area (Å²) in [5, 5.41) is 0. The third-order valence-corrected chi connectivity index (χ3v) is 6.67. The molecule has 4 aromatic rings. The Bertz CT molecular complexity index is 1450. The number of aromatic nitrogens is 4. The lowest BCUT2D eigenvalue weighted by Gasteiger charge is -2.33. The number of amides is 2. The first kappa shape index (κ1) is 30.0. The fraction of sp³-hybridized carbons (Fsp3) is 0.250. The van der Waals surface area contributed by atoms with Gasteiger partial charge in [0.1, 0.15) is 12.4 Å². The minimum absolute atomic E-state index is 0.177. The zero-order chi connectivity index (χ0) is 29.7. The van der Waals surface area contributed by atoms with Crippen LogP contribution >= 0.6 is 0 Å². The summed E-state index contributed by atoms with van der Waals surface area (Å²) in [6, 6.07) is 17.0. The van der Waals surface area contributed by atoms with Crippen LogP contribution in [0.3, 0.4) is 0 Å². The smallest absolute Gasteiger partial charge is 0.316 e. The molecule has 0 aliphatic carbocycles. The molecule has 0 unspecified atom stereocenters. The van der Waals surface area contributed by atoms with E-state index in [0.29, 0.717) is 25.1 Å². The standard InChI is InChI=1S/C32H34N6O4/c1-37(15-16-41-2)31(40)29(17-24-7-5-4-6-8-24)38(30(39)14-11-26-18-35-32(42-3)36-19-26)22-25-9-12-27(13-10-25)28-20-33-23-34-21-28/h4-14,18-21,23,29H,15-17,22H2,1-3H3/b14-11+/t29-/m0/s1. The van der Waals surface area contributed by atoms with Crippen LogP contribution in [0.1, 0.15) is 16.7 Å². The summed E-state index contributed by atoms with van der Waals surface area (Å²) in [5.74, 6) is -0.496. The lowest BCUT2D eigenvalue weighted by Crippen LogP contribution is -2.51. The highest BCUT2D eigenvalue weighted by molar-refractivity contribution is 5.95. The maximum absolute atomic E-state index is 13.9. The van der Waals surface area contributed by atoms with Gasteiger partial charge < -0.3 is 19.3 Å². The zero-order valence-corrected chi connectivity index (χ0v) is 24.0. The second-order valence-electron chi connectivity index (χ2n) is 9.58. The normalized spacial score (nSPS) is 11.7. The number of rotatable bonds is 13. The molecule has 0 fully saturated rings. The molecule has 42 heavy (non-hydrogen) atoms. The maximum atomic E-state index is 13.9. The van der Waals surface area contributed by atoms with E-state index in [9.17, 15) is 9.59 Å². The van der Waals surface area contributed by atoms with Gasteiger partial charge in [-0.1, -0.05) is 54.6 Å². The molecule has 216 valence electrons. The van der Waals surface area contributed by atoms with Crippen LogP contribution in [0.25, 0.3) is 17.2 Å². The van der Waals surface area contributed by atoms with Gasteiger partial charge in [0.15, 0.2) is 0 Å². The Morgan fingerprint density at radius 2 is 1.57 bits per heavy atom. The summed E-state index contributed by atoms with van der Waals surface area (Å²) in [6.45, 7) is 1.00. The maximum Gasteiger partial charge on any atom is 0.316 e. The van der Waals surface area contributed by atoms with Gasteiger partial charge in [0, 0.05) is 75.7 Å². The molecule has 0 saturated carbocycles. The van der Waals surface area contributed by atoms with E-state index >= 15 is 0 Å². The number of nitrogens with zero attached hydrogens (tertiary/aromatic N) is 6. The molecule has 2 aromatic carbocycles. The second-order valence-corrected chi connectivity index (χ2v) is 9.58. The predicted octanol–water partition coefficient (Wildman–Crippen LogP) is 3.70. The Hall–Kier alpha value is -4.96. The molecule has 1 atom stereocenters. The third-order valence-electron chi connectivity index (χ3n) is 6.67. The largest absolute Gasteiger partial charge is 0.467 e. The van der Waals surface area contributed by atoms with Crippen LogP contribution < -0.4 is 4.74 Å². The van der Waals surface area contributed by atoms with Crippen LogP contribution in [-0.2, 0) is 27.3 Å². The Labute approximate surface area is 245 Å². The molecule has 10 heteroatoms. The first-order valence-electron chi connectivity index (χ1n) is 13.5. The highest BCUT2D eigenvalue weighted by Gasteiger charge is 2.31. The van der Waals surface area contributed by atoms with Gasteiger partial charge in [-0.05, 0) is 22.8 Å². The van der Waals surface area contributed by atoms with Crippen LogP contribution in [0, 0.1) is 0 Å². The van der Waals surface area contributed by atoms with Crippen molar-refractivity contribution in [2.45, 2.75) is 19.0 Å². The number of carbonyl (C=O) groups excluding carboxylic acids is 2. The third kappa shape index (κ3) is 8.28. The van der Waals surface area contributed by atoms with Gasteiger partial charge >= 0.3 is 6.01 Å². The average molecular weight is 567 g/mol. The van der Waals surface area contributed by atoms with E-state index in [2.05, 4.69) is 19.9 Å². The van der Waals surface area contributed by atoms with E-state index in [4.69, 9.17) is 9.47 Å². The number of benzene rings is 2. The topological polar surface area (TPSA) is 111 Å². The number of hydrogen-bond donors (Lipinski definition) is 0. The number of likely N-dealkylation sites (N-methyl/N-ethyl adjacent to an activating group) is 1. The fourth-order valence-electron chi connectivity index (χ4n) is 4.33. The second kappa shape index (κ2) is 15.2. The monoisotopic (exact) mass is 566 g/mol. The molecular weight excluding hydrogens is 532 g/mol. The van der Waals surface area contributed by atoms with Gasteiger partial charge in [0.2, 0.25) is 11.8 Å². The average Bonchev–Trinajstić information content (AvgIpc) is 3.05. The van der Waals surface area contributed by atoms with Crippen LogP contribution in [-0.4, -0.2) is 82.0 Å². The van der Waals surface area contributed by atoms with Crippen molar-refractivity contribution in [2.24, 2.45) is 0 Å². The molecule has 2 amide bonds. The van der Waals surface area contributed by atoms with Gasteiger partial charge in [0.05, 0.1) is 13.7 Å². The summed E-state index contributed by atoms with van der Waals surface area (Å²) in [7, 11) is 4.80. The molecule has 10 nitrogen and oxygen atoms in total. The first-order chi connectivity index (χ1) is 20.5. The predicted molar refractivity (Wildman–Crippen MR) is 159 cm³/mol. The molecule has 0 radical (unpaired) electrons. The molecule has 0 saturated heterocycles. The van der Waals surface area contributed by atoms with Crippen molar-refractivity contribution < 1.29 is 19.1 Å².